The molecule has 0 aromatic heterocycles. The molecule has 46 heavy (non-hydrogen) atoms. The second kappa shape index (κ2) is 11.2. The van der Waals surface area contributed by atoms with Crippen LogP contribution in [0.3, 0.4) is 0 Å². The Morgan fingerprint density at radius 3 is 1.13 bits per heavy atom. The smallest absolute Gasteiger partial charge is 0.241 e. The molecule has 0 saturated heterocycles. The zero-order valence-corrected chi connectivity index (χ0v) is 29.9. The Morgan fingerprint density at radius 2 is 0.826 bits per heavy atom. The van der Waals surface area contributed by atoms with Crippen molar-refractivity contribution in [1.82, 2.24) is 4.90 Å². The summed E-state index contributed by atoms with van der Waals surface area (Å²) in [5.41, 5.74) is 12.3. The first-order valence-electron chi connectivity index (χ1n) is 15.2. The minimum absolute atomic E-state index is 0.0153. The van der Waals surface area contributed by atoms with Gasteiger partial charge in [-0.25, -0.2) is 0 Å². The van der Waals surface area contributed by atoms with Crippen molar-refractivity contribution in [3.8, 4) is 33.4 Å². The lowest BCUT2D eigenvalue weighted by atomic mass is 9.52. The van der Waals surface area contributed by atoms with Gasteiger partial charge in [-0.2, -0.15) is 0 Å². The molecule has 0 radical (unpaired) electrons. The quantitative estimate of drug-likeness (QED) is 0.174. The van der Waals surface area contributed by atoms with Crippen LogP contribution in [0.2, 0.25) is 0 Å². The highest BCUT2D eigenvalue weighted by molar-refractivity contribution is 9.11. The van der Waals surface area contributed by atoms with Crippen LogP contribution in [0.1, 0.15) is 39.3 Å². The molecule has 9 rings (SSSR count). The van der Waals surface area contributed by atoms with E-state index in [1.807, 2.05) is 32.3 Å². The molecule has 5 heteroatoms. The number of amides is 1. The standard InChI is InChI=1S/C41H28Br3NO/c1-45(2)40(46)41-36-21-27(24-6-3-9-30(42)18-24)12-15-33(36)39(34-16-13-28(22-37(34)41)25-7-4-10-31(43)19-25)35-17-14-29(23-38(35)41)26-8-5-11-32(44)20-26/h3-23,39H,1-2H3. The molecule has 0 spiro atoms. The SMILES string of the molecule is CN(C)C(=O)C12c3cc(-c4cccc(Br)c4)ccc3C(c3ccc(-c4cccc(Br)c4)cc31)c1ccc(-c3cccc(Br)c3)cc12. The highest BCUT2D eigenvalue weighted by Gasteiger charge is 2.57. The number of likely N-dealkylation sites (N-methyl/N-ethyl adjacent to an activating group) is 1. The summed E-state index contributed by atoms with van der Waals surface area (Å²) in [5, 5.41) is 0. The van der Waals surface area contributed by atoms with E-state index in [2.05, 4.69) is 157 Å². The Kier molecular flexibility index (Phi) is 7.20. The van der Waals surface area contributed by atoms with Crippen LogP contribution in [0.4, 0.5) is 0 Å². The fraction of sp³-hybridized carbons (Fsp3) is 0.0976. The van der Waals surface area contributed by atoms with Crippen molar-refractivity contribution in [2.75, 3.05) is 14.1 Å². The van der Waals surface area contributed by atoms with Gasteiger partial charge in [-0.05, 0) is 121 Å². The Labute approximate surface area is 294 Å². The van der Waals surface area contributed by atoms with Crippen LogP contribution in [-0.4, -0.2) is 24.9 Å². The second-order valence-corrected chi connectivity index (χ2v) is 15.1. The van der Waals surface area contributed by atoms with E-state index in [0.29, 0.717) is 0 Å². The maximum atomic E-state index is 15.2. The van der Waals surface area contributed by atoms with Gasteiger partial charge in [-0.3, -0.25) is 4.79 Å². The lowest BCUT2D eigenvalue weighted by Gasteiger charge is -2.50. The molecule has 3 aliphatic rings. The van der Waals surface area contributed by atoms with E-state index >= 15 is 4.79 Å². The van der Waals surface area contributed by atoms with Crippen LogP contribution in [0, 0.1) is 0 Å². The molecule has 0 unspecified atom stereocenters. The first-order valence-corrected chi connectivity index (χ1v) is 17.6. The Bertz CT molecular complexity index is 1990. The molecule has 0 fully saturated rings. The molecule has 0 atom stereocenters. The van der Waals surface area contributed by atoms with Crippen molar-refractivity contribution in [3.05, 3.63) is 174 Å². The highest BCUT2D eigenvalue weighted by atomic mass is 79.9. The topological polar surface area (TPSA) is 20.3 Å². The molecule has 1 amide bonds. The molecule has 0 saturated carbocycles. The van der Waals surface area contributed by atoms with Gasteiger partial charge in [0.25, 0.3) is 0 Å². The van der Waals surface area contributed by atoms with Gasteiger partial charge in [0, 0.05) is 33.4 Å². The van der Waals surface area contributed by atoms with Gasteiger partial charge in [0.15, 0.2) is 0 Å². The minimum atomic E-state index is -1.04. The Hall–Kier alpha value is -3.77. The number of benzene rings is 6. The van der Waals surface area contributed by atoms with E-state index in [4.69, 9.17) is 0 Å². The normalized spacial score (nSPS) is 17.2. The van der Waals surface area contributed by atoms with Crippen LogP contribution >= 0.6 is 47.8 Å². The number of nitrogens with zero attached hydrogens (tertiary/aromatic N) is 1. The molecule has 2 nitrogen and oxygen atoms in total. The Balaban J connectivity index is 1.47. The van der Waals surface area contributed by atoms with Crippen LogP contribution in [0.5, 0.6) is 0 Å². The van der Waals surface area contributed by atoms with Gasteiger partial charge in [-0.15, -0.1) is 0 Å². The van der Waals surface area contributed by atoms with E-state index in [0.717, 1.165) is 63.5 Å². The third-order valence-corrected chi connectivity index (χ3v) is 11.0. The monoisotopic (exact) mass is 787 g/mol. The second-order valence-electron chi connectivity index (χ2n) is 12.3. The fourth-order valence-corrected chi connectivity index (χ4v) is 8.76. The van der Waals surface area contributed by atoms with Crippen LogP contribution in [-0.2, 0) is 10.2 Å². The lowest BCUT2D eigenvalue weighted by molar-refractivity contribution is -0.132. The highest BCUT2D eigenvalue weighted by Crippen LogP contribution is 2.61. The molecule has 2 bridgehead atoms. The van der Waals surface area contributed by atoms with Crippen molar-refractivity contribution >= 4 is 53.7 Å². The zero-order chi connectivity index (χ0) is 31.7. The lowest BCUT2D eigenvalue weighted by Crippen LogP contribution is -2.52. The number of rotatable bonds is 4. The molecule has 0 aliphatic heterocycles. The van der Waals surface area contributed by atoms with Crippen LogP contribution < -0.4 is 0 Å². The maximum absolute atomic E-state index is 15.2. The van der Waals surface area contributed by atoms with E-state index < -0.39 is 5.41 Å². The molecule has 3 aliphatic carbocycles. The predicted molar refractivity (Wildman–Crippen MR) is 198 cm³/mol. The summed E-state index contributed by atoms with van der Waals surface area (Å²) in [6, 6.07) is 45.3. The van der Waals surface area contributed by atoms with Crippen LogP contribution in [0.25, 0.3) is 33.4 Å². The molecule has 0 heterocycles. The summed E-state index contributed by atoms with van der Waals surface area (Å²) in [5.74, 6) is 0.0695. The van der Waals surface area contributed by atoms with Gasteiger partial charge in [0.2, 0.25) is 5.91 Å². The number of carbonyl (C=O) groups is 1. The van der Waals surface area contributed by atoms with Crippen LogP contribution in [0.15, 0.2) is 141 Å². The number of hydrogen-bond acceptors (Lipinski definition) is 1. The van der Waals surface area contributed by atoms with Gasteiger partial charge < -0.3 is 4.90 Å². The van der Waals surface area contributed by atoms with E-state index in [9.17, 15) is 0 Å². The van der Waals surface area contributed by atoms with E-state index in [1.54, 1.807) is 4.90 Å². The summed E-state index contributed by atoms with van der Waals surface area (Å²) in [6.07, 6.45) is 0. The molecule has 6 aromatic carbocycles. The molecule has 6 aromatic rings. The molecular formula is C41H28Br3NO. The van der Waals surface area contributed by atoms with E-state index in [1.165, 1.54) is 16.7 Å². The third-order valence-electron chi connectivity index (χ3n) is 9.51. The number of hydrogen-bond donors (Lipinski definition) is 0. The average Bonchev–Trinajstić information content (AvgIpc) is 3.07. The first kappa shape index (κ1) is 29.6. The van der Waals surface area contributed by atoms with Crippen molar-refractivity contribution in [3.63, 3.8) is 0 Å². The summed E-state index contributed by atoms with van der Waals surface area (Å²) >= 11 is 11.0. The predicted octanol–water partition coefficient (Wildman–Crippen LogP) is 11.2. The largest absolute Gasteiger partial charge is 0.347 e. The summed E-state index contributed by atoms with van der Waals surface area (Å²) < 4.78 is 3.07. The maximum Gasteiger partial charge on any atom is 0.241 e. The van der Waals surface area contributed by atoms with Crippen molar-refractivity contribution < 1.29 is 4.79 Å². The third kappa shape index (κ3) is 4.51. The minimum Gasteiger partial charge on any atom is -0.347 e. The average molecular weight is 790 g/mol. The Morgan fingerprint density at radius 1 is 0.500 bits per heavy atom. The number of halogens is 3. The fourth-order valence-electron chi connectivity index (χ4n) is 7.56. The summed E-state index contributed by atoms with van der Waals surface area (Å²) in [7, 11) is 3.76. The van der Waals surface area contributed by atoms with Gasteiger partial charge in [0.1, 0.15) is 5.41 Å². The summed E-state index contributed by atoms with van der Waals surface area (Å²) in [4.78, 5) is 16.9. The van der Waals surface area contributed by atoms with Crippen molar-refractivity contribution in [1.29, 1.82) is 0 Å². The first-order chi connectivity index (χ1) is 22.3. The van der Waals surface area contributed by atoms with Crippen molar-refractivity contribution in [2.45, 2.75) is 11.3 Å². The van der Waals surface area contributed by atoms with Gasteiger partial charge >= 0.3 is 0 Å². The molecule has 224 valence electrons. The molecule has 0 N–H and O–H groups in total. The summed E-state index contributed by atoms with van der Waals surface area (Å²) in [6.45, 7) is 0. The van der Waals surface area contributed by atoms with Gasteiger partial charge in [0.05, 0.1) is 0 Å². The number of carbonyl (C=O) groups excluding carboxylic acids is 1. The van der Waals surface area contributed by atoms with Gasteiger partial charge in [-0.1, -0.05) is 121 Å². The van der Waals surface area contributed by atoms with E-state index in [-0.39, 0.29) is 11.8 Å². The van der Waals surface area contributed by atoms with Crippen molar-refractivity contribution in [2.24, 2.45) is 0 Å². The zero-order valence-electron chi connectivity index (χ0n) is 25.2. The molecular weight excluding hydrogens is 762 g/mol.